The molecule has 3 nitrogen and oxygen atoms in total. The maximum Gasteiger partial charge on any atom is 0.171 e. The summed E-state index contributed by atoms with van der Waals surface area (Å²) in [6.07, 6.45) is 0. The molecule has 0 spiro atoms. The van der Waals surface area contributed by atoms with Crippen LogP contribution in [0.5, 0.6) is 0 Å². The van der Waals surface area contributed by atoms with Crippen molar-refractivity contribution >= 4 is 61.4 Å². The van der Waals surface area contributed by atoms with Crippen molar-refractivity contribution in [2.45, 2.75) is 0 Å². The molecule has 0 aliphatic heterocycles. The van der Waals surface area contributed by atoms with Crippen molar-refractivity contribution in [2.24, 2.45) is 0 Å². The van der Waals surface area contributed by atoms with Crippen LogP contribution < -0.4 is 15.9 Å². The number of imidazole rings is 1. The van der Waals surface area contributed by atoms with E-state index < -0.39 is 7.14 Å². The maximum absolute atomic E-state index is 15.4. The summed E-state index contributed by atoms with van der Waals surface area (Å²) >= 11 is 0. The van der Waals surface area contributed by atoms with Crippen LogP contribution in [0.2, 0.25) is 0 Å². The fourth-order valence-electron chi connectivity index (χ4n) is 7.06. The van der Waals surface area contributed by atoms with Gasteiger partial charge in [-0.15, -0.1) is 0 Å². The Bertz CT molecular complexity index is 2600. The lowest BCUT2D eigenvalue weighted by molar-refractivity contribution is 0.592. The van der Waals surface area contributed by atoms with E-state index in [1.807, 2.05) is 48.5 Å². The van der Waals surface area contributed by atoms with Crippen molar-refractivity contribution in [1.29, 1.82) is 0 Å². The molecule has 0 amide bonds. The summed E-state index contributed by atoms with van der Waals surface area (Å²) in [6.45, 7) is 0. The first kappa shape index (κ1) is 26.7. The lowest BCUT2D eigenvalue weighted by atomic mass is 10.0. The Morgan fingerprint density at radius 3 is 1.76 bits per heavy atom. The van der Waals surface area contributed by atoms with Crippen LogP contribution in [0, 0.1) is 0 Å². The molecule has 0 saturated carbocycles. The molecular formula is C42H29N2OP. The summed E-state index contributed by atoms with van der Waals surface area (Å²) in [5.41, 5.74) is 7.93. The average Bonchev–Trinajstić information content (AvgIpc) is 3.64. The monoisotopic (exact) mass is 608 g/mol. The minimum atomic E-state index is -3.16. The zero-order valence-electron chi connectivity index (χ0n) is 25.0. The third-order valence-electron chi connectivity index (χ3n) is 9.18. The Morgan fingerprint density at radius 2 is 1.00 bits per heavy atom. The number of fused-ring (bicyclic) bond motifs is 6. The lowest BCUT2D eigenvalue weighted by Crippen LogP contribution is -2.25. The molecule has 7 aromatic carbocycles. The molecule has 46 heavy (non-hydrogen) atoms. The summed E-state index contributed by atoms with van der Waals surface area (Å²) in [6, 6.07) is 60.6. The van der Waals surface area contributed by atoms with E-state index in [0.717, 1.165) is 65.7 Å². The van der Waals surface area contributed by atoms with E-state index in [-0.39, 0.29) is 0 Å². The quantitative estimate of drug-likeness (QED) is 0.179. The van der Waals surface area contributed by atoms with Crippen molar-refractivity contribution < 1.29 is 4.57 Å². The zero-order chi connectivity index (χ0) is 30.7. The van der Waals surface area contributed by atoms with Gasteiger partial charge in [0.2, 0.25) is 0 Å². The van der Waals surface area contributed by atoms with Crippen molar-refractivity contribution in [3.8, 4) is 16.8 Å². The number of rotatable bonds is 5. The largest absolute Gasteiger partial charge is 0.309 e. The van der Waals surface area contributed by atoms with Gasteiger partial charge in [0.25, 0.3) is 0 Å². The van der Waals surface area contributed by atoms with Gasteiger partial charge in [0.1, 0.15) is 5.65 Å². The van der Waals surface area contributed by atoms with Crippen LogP contribution >= 0.6 is 7.14 Å². The Morgan fingerprint density at radius 1 is 0.435 bits per heavy atom. The molecule has 0 aliphatic carbocycles. The summed E-state index contributed by atoms with van der Waals surface area (Å²) < 4.78 is 20.2. The second-order valence-electron chi connectivity index (χ2n) is 11.7. The van der Waals surface area contributed by atoms with E-state index in [4.69, 9.17) is 0 Å². The summed E-state index contributed by atoms with van der Waals surface area (Å²) in [4.78, 5) is 0. The minimum absolute atomic E-state index is 0.820. The van der Waals surface area contributed by atoms with Crippen LogP contribution in [-0.2, 0) is 4.57 Å². The fraction of sp³-hybridized carbons (Fsp3) is 0. The molecule has 1 unspecified atom stereocenters. The highest BCUT2D eigenvalue weighted by Gasteiger charge is 2.30. The Kier molecular flexibility index (Phi) is 6.09. The summed E-state index contributed by atoms with van der Waals surface area (Å²) in [5.74, 6) is 0. The molecule has 1 atom stereocenters. The number of nitrogens with zero attached hydrogens (tertiary/aromatic N) is 2. The molecule has 0 N–H and O–H groups in total. The molecule has 2 heterocycles. The fourth-order valence-corrected chi connectivity index (χ4v) is 9.72. The second kappa shape index (κ2) is 10.5. The minimum Gasteiger partial charge on any atom is -0.309 e. The van der Waals surface area contributed by atoms with Crippen molar-refractivity contribution in [1.82, 2.24) is 8.97 Å². The highest BCUT2D eigenvalue weighted by Crippen LogP contribution is 2.45. The van der Waals surface area contributed by atoms with Gasteiger partial charge in [-0.25, -0.2) is 0 Å². The molecular weight excluding hydrogens is 579 g/mol. The van der Waals surface area contributed by atoms with Crippen molar-refractivity contribution in [3.05, 3.63) is 176 Å². The van der Waals surface area contributed by atoms with Crippen LogP contribution in [0.4, 0.5) is 0 Å². The van der Waals surface area contributed by atoms with Crippen LogP contribution in [0.25, 0.3) is 55.2 Å². The molecule has 0 saturated heterocycles. The predicted octanol–water partition coefficient (Wildman–Crippen LogP) is 9.50. The molecule has 218 valence electrons. The van der Waals surface area contributed by atoms with Gasteiger partial charge in [-0.2, -0.15) is 0 Å². The van der Waals surface area contributed by atoms with Crippen molar-refractivity contribution in [3.63, 3.8) is 0 Å². The number of aromatic nitrogens is 2. The molecule has 0 radical (unpaired) electrons. The van der Waals surface area contributed by atoms with Crippen LogP contribution in [0.15, 0.2) is 176 Å². The highest BCUT2D eigenvalue weighted by atomic mass is 31.2. The van der Waals surface area contributed by atoms with Gasteiger partial charge in [-0.3, -0.25) is 8.97 Å². The third kappa shape index (κ3) is 3.96. The van der Waals surface area contributed by atoms with Gasteiger partial charge >= 0.3 is 0 Å². The van der Waals surface area contributed by atoms with Gasteiger partial charge in [0.05, 0.1) is 16.6 Å². The highest BCUT2D eigenvalue weighted by molar-refractivity contribution is 7.85. The first-order chi connectivity index (χ1) is 22.7. The van der Waals surface area contributed by atoms with Gasteiger partial charge < -0.3 is 4.57 Å². The zero-order valence-corrected chi connectivity index (χ0v) is 25.9. The number of hydrogen-bond acceptors (Lipinski definition) is 1. The van der Waals surface area contributed by atoms with Crippen LogP contribution in [0.1, 0.15) is 0 Å². The molecule has 0 fully saturated rings. The molecule has 4 heteroatoms. The Labute approximate surface area is 267 Å². The molecule has 9 aromatic rings. The van der Waals surface area contributed by atoms with Crippen molar-refractivity contribution in [2.75, 3.05) is 0 Å². The van der Waals surface area contributed by atoms with Gasteiger partial charge in [-0.1, -0.05) is 140 Å². The van der Waals surface area contributed by atoms with E-state index in [0.29, 0.717) is 0 Å². The normalized spacial score (nSPS) is 13.0. The van der Waals surface area contributed by atoms with Gasteiger partial charge in [0, 0.05) is 32.6 Å². The van der Waals surface area contributed by atoms with Crippen LogP contribution in [0.3, 0.4) is 0 Å². The van der Waals surface area contributed by atoms with E-state index >= 15 is 4.57 Å². The molecule has 9 rings (SSSR count). The first-order valence-electron chi connectivity index (χ1n) is 15.6. The average molecular weight is 609 g/mol. The van der Waals surface area contributed by atoms with E-state index in [2.05, 4.69) is 136 Å². The SMILES string of the molecule is O=P(c1ccccc1)(c1ccc(-c2c3ccccc3n3c4ccccc4n(-c4ccccc4)c23)cc1)c1ccc2ccccc2c1. The molecule has 0 aliphatic rings. The second-order valence-corrected chi connectivity index (χ2v) is 14.5. The smallest absolute Gasteiger partial charge is 0.171 e. The van der Waals surface area contributed by atoms with Gasteiger partial charge in [-0.05, 0) is 52.7 Å². The Balaban J connectivity index is 1.29. The molecule has 0 bridgehead atoms. The Hall–Kier alpha value is -5.63. The predicted molar refractivity (Wildman–Crippen MR) is 194 cm³/mol. The summed E-state index contributed by atoms with van der Waals surface area (Å²) in [5, 5.41) is 5.90. The number of benzene rings is 7. The standard InChI is InChI=1S/C42H29N2OP/c45-46(34-17-5-2-6-18-34,36-28-23-30-13-7-8-14-32(30)29-36)35-26-24-31(25-27-35)41-37-19-9-10-20-38(37)44-40-22-12-11-21-39(40)43(42(41)44)33-15-3-1-4-16-33/h1-29H. The molecule has 2 aromatic heterocycles. The van der Waals surface area contributed by atoms with E-state index in [1.165, 1.54) is 5.39 Å². The third-order valence-corrected chi connectivity index (χ3v) is 12.2. The maximum atomic E-state index is 15.4. The van der Waals surface area contributed by atoms with Crippen LogP contribution in [-0.4, -0.2) is 8.97 Å². The summed E-state index contributed by atoms with van der Waals surface area (Å²) in [7, 11) is -3.16. The number of hydrogen-bond donors (Lipinski definition) is 0. The first-order valence-corrected chi connectivity index (χ1v) is 17.3. The van der Waals surface area contributed by atoms with E-state index in [1.54, 1.807) is 0 Å². The van der Waals surface area contributed by atoms with Gasteiger partial charge in [0.15, 0.2) is 7.14 Å². The number of para-hydroxylation sites is 4. The topological polar surface area (TPSA) is 26.4 Å². The van der Waals surface area contributed by atoms with E-state index in [9.17, 15) is 0 Å². The lowest BCUT2D eigenvalue weighted by Gasteiger charge is -2.21.